The van der Waals surface area contributed by atoms with Gasteiger partial charge in [-0.05, 0) is 0 Å². The normalized spacial score (nSPS) is 13.2. The third kappa shape index (κ3) is 3.64. The zero-order valence-corrected chi connectivity index (χ0v) is 11.6. The molecule has 0 atom stereocenters. The third-order valence-corrected chi connectivity index (χ3v) is 5.89. The second kappa shape index (κ2) is 4.86. The molecule has 1 rings (SSSR count). The van der Waals surface area contributed by atoms with Gasteiger partial charge < -0.3 is 0 Å². The molecule has 0 bridgehead atoms. The van der Waals surface area contributed by atoms with Crippen LogP contribution in [0.1, 0.15) is 11.1 Å². The Kier molecular flexibility index (Phi) is 4.35. The van der Waals surface area contributed by atoms with Gasteiger partial charge in [0.2, 0.25) is 0 Å². The molecule has 0 saturated heterocycles. The number of benzene rings is 1. The summed E-state index contributed by atoms with van der Waals surface area (Å²) in [4.78, 5) is 0. The van der Waals surface area contributed by atoms with Gasteiger partial charge in [0.05, 0.1) is 0 Å². The molecule has 0 N–H and O–H groups in total. The fourth-order valence-corrected chi connectivity index (χ4v) is 3.44. The maximum atomic E-state index is 12.3. The van der Waals surface area contributed by atoms with Crippen molar-refractivity contribution in [2.75, 3.05) is 0 Å². The topological polar surface area (TPSA) is 0 Å². The van der Waals surface area contributed by atoms with Crippen LogP contribution in [0.15, 0.2) is 18.2 Å². The summed E-state index contributed by atoms with van der Waals surface area (Å²) >= 11 is 0.967. The first-order chi connectivity index (χ1) is 7.14. The first-order valence-electron chi connectivity index (χ1n) is 3.70. The first kappa shape index (κ1) is 14.3. The van der Waals surface area contributed by atoms with E-state index in [1.807, 2.05) is 18.6 Å². The van der Waals surface area contributed by atoms with E-state index in [1.165, 1.54) is 0 Å². The van der Waals surface area contributed by atoms with Crippen LogP contribution >= 0.6 is 18.6 Å². The van der Waals surface area contributed by atoms with Gasteiger partial charge in [0, 0.05) is 0 Å². The standard InChI is InChI=1S/C8H3F6I2/c9-7(10,11)4-1-5(8(12,13)14)3-6(2-4)16-15/h1-3H/q-1. The molecule has 0 saturated carbocycles. The molecule has 1 aromatic carbocycles. The van der Waals surface area contributed by atoms with Crippen molar-refractivity contribution in [3.63, 3.8) is 0 Å². The SMILES string of the molecule is FC(F)(F)c1cc([I-]I)cc(C(F)(F)F)c1. The zero-order chi connectivity index (χ0) is 12.6. The molecule has 0 unspecified atom stereocenters. The van der Waals surface area contributed by atoms with Gasteiger partial charge in [0.15, 0.2) is 0 Å². The summed E-state index contributed by atoms with van der Waals surface area (Å²) in [5.41, 5.74) is -2.48. The van der Waals surface area contributed by atoms with Crippen molar-refractivity contribution >= 4 is 18.6 Å². The molecule has 92 valence electrons. The molecule has 0 heterocycles. The monoisotopic (exact) mass is 467 g/mol. The summed E-state index contributed by atoms with van der Waals surface area (Å²) in [6.45, 7) is 0. The Balaban J connectivity index is 3.33. The van der Waals surface area contributed by atoms with Crippen LogP contribution in [0.5, 0.6) is 0 Å². The van der Waals surface area contributed by atoms with Crippen molar-refractivity contribution in [1.82, 2.24) is 0 Å². The van der Waals surface area contributed by atoms with Crippen LogP contribution in [0.3, 0.4) is 0 Å². The zero-order valence-electron chi connectivity index (χ0n) is 7.26. The molecule has 0 spiro atoms. The molecule has 0 amide bonds. The Hall–Kier alpha value is 0.260. The van der Waals surface area contributed by atoms with Crippen LogP contribution in [0, 0.1) is 3.57 Å². The molecular formula is C8H3F6I2-. The molecule has 0 radical (unpaired) electrons. The van der Waals surface area contributed by atoms with E-state index in [9.17, 15) is 26.3 Å². The van der Waals surface area contributed by atoms with Crippen molar-refractivity contribution in [2.24, 2.45) is 0 Å². The Morgan fingerprint density at radius 1 is 0.812 bits per heavy atom. The van der Waals surface area contributed by atoms with E-state index in [0.717, 1.165) is 12.1 Å². The predicted molar refractivity (Wildman–Crippen MR) is 49.2 cm³/mol. The van der Waals surface area contributed by atoms with Gasteiger partial charge in [-0.3, -0.25) is 0 Å². The summed E-state index contributed by atoms with van der Waals surface area (Å²) in [6.07, 6.45) is -9.49. The summed E-state index contributed by atoms with van der Waals surface area (Å²) in [6, 6.07) is 1.68. The summed E-state index contributed by atoms with van der Waals surface area (Å²) in [7, 11) is 0. The van der Waals surface area contributed by atoms with Crippen molar-refractivity contribution in [1.29, 1.82) is 0 Å². The van der Waals surface area contributed by atoms with Gasteiger partial charge in [0.1, 0.15) is 0 Å². The molecule has 16 heavy (non-hydrogen) atoms. The minimum atomic E-state index is -4.74. The Bertz CT molecular complexity index is 349. The average Bonchev–Trinajstić information content (AvgIpc) is 2.14. The van der Waals surface area contributed by atoms with Crippen molar-refractivity contribution in [3.05, 3.63) is 32.9 Å². The second-order valence-electron chi connectivity index (χ2n) is 2.80. The predicted octanol–water partition coefficient (Wildman–Crippen LogP) is 1.33. The third-order valence-electron chi connectivity index (χ3n) is 1.63. The minimum absolute atomic E-state index is 0.113. The van der Waals surface area contributed by atoms with E-state index in [-0.39, 0.29) is 9.64 Å². The van der Waals surface area contributed by atoms with Gasteiger partial charge in [0.25, 0.3) is 0 Å². The fraction of sp³-hybridized carbons (Fsp3) is 0.250. The summed E-state index contributed by atoms with van der Waals surface area (Å²) in [5, 5.41) is 0. The van der Waals surface area contributed by atoms with Crippen molar-refractivity contribution in [2.45, 2.75) is 12.4 Å². The van der Waals surface area contributed by atoms with Crippen LogP contribution in [-0.2, 0) is 12.4 Å². The number of alkyl halides is 6. The van der Waals surface area contributed by atoms with Crippen LogP contribution < -0.4 is 17.2 Å². The average molecular weight is 467 g/mol. The number of rotatable bonds is 1. The van der Waals surface area contributed by atoms with E-state index < -0.39 is 40.7 Å². The molecule has 0 nitrogen and oxygen atoms in total. The van der Waals surface area contributed by atoms with Crippen LogP contribution in [0.4, 0.5) is 26.3 Å². The number of hydrogen-bond acceptors (Lipinski definition) is 0. The molecule has 8 heteroatoms. The Morgan fingerprint density at radius 2 is 1.19 bits per heavy atom. The van der Waals surface area contributed by atoms with Gasteiger partial charge in [-0.1, -0.05) is 0 Å². The van der Waals surface area contributed by atoms with Crippen LogP contribution in [0.2, 0.25) is 0 Å². The maximum absolute atomic E-state index is 12.3. The second-order valence-corrected chi connectivity index (χ2v) is 7.18. The van der Waals surface area contributed by atoms with Crippen molar-refractivity contribution in [3.8, 4) is 0 Å². The molecule has 0 aliphatic rings. The van der Waals surface area contributed by atoms with Gasteiger partial charge in [-0.15, -0.1) is 0 Å². The molecule has 1 aromatic rings. The molecule has 0 aromatic heterocycles. The summed E-state index contributed by atoms with van der Waals surface area (Å²) < 4.78 is 74.0. The number of halogens is 8. The van der Waals surface area contributed by atoms with Crippen LogP contribution in [0.25, 0.3) is 0 Å². The number of hydrogen-bond donors (Lipinski definition) is 0. The fourth-order valence-electron chi connectivity index (χ4n) is 0.958. The van der Waals surface area contributed by atoms with Gasteiger partial charge in [-0.25, -0.2) is 0 Å². The Labute approximate surface area is 107 Å². The van der Waals surface area contributed by atoms with E-state index in [4.69, 9.17) is 0 Å². The molecular weight excluding hydrogens is 464 g/mol. The quantitative estimate of drug-likeness (QED) is 0.433. The van der Waals surface area contributed by atoms with Gasteiger partial charge >= 0.3 is 107 Å². The van der Waals surface area contributed by atoms with Crippen LogP contribution in [-0.4, -0.2) is 0 Å². The van der Waals surface area contributed by atoms with Gasteiger partial charge in [-0.2, -0.15) is 0 Å². The van der Waals surface area contributed by atoms with E-state index >= 15 is 0 Å². The van der Waals surface area contributed by atoms with Crippen molar-refractivity contribution < 1.29 is 43.6 Å². The van der Waals surface area contributed by atoms with E-state index in [0.29, 0.717) is 0 Å². The summed E-state index contributed by atoms with van der Waals surface area (Å²) in [5.74, 6) is 0. The molecule has 0 aliphatic heterocycles. The van der Waals surface area contributed by atoms with E-state index in [2.05, 4.69) is 0 Å². The Morgan fingerprint density at radius 3 is 1.44 bits per heavy atom. The first-order valence-corrected chi connectivity index (χ1v) is 11.1. The van der Waals surface area contributed by atoms with E-state index in [1.54, 1.807) is 0 Å². The molecule has 0 fully saturated rings. The molecule has 0 aliphatic carbocycles.